The molecular weight excluding hydrogens is 357 g/mol. The summed E-state index contributed by atoms with van der Waals surface area (Å²) in [5, 5.41) is 0. The van der Waals surface area contributed by atoms with E-state index in [-0.39, 0.29) is 11.5 Å². The van der Waals surface area contributed by atoms with Gasteiger partial charge in [0.05, 0.1) is 5.56 Å². The van der Waals surface area contributed by atoms with Crippen molar-refractivity contribution < 1.29 is 22.8 Å². The molecule has 3 rings (SSSR count). The van der Waals surface area contributed by atoms with Gasteiger partial charge in [0.2, 0.25) is 5.91 Å². The van der Waals surface area contributed by atoms with Crippen LogP contribution in [0.3, 0.4) is 0 Å². The Morgan fingerprint density at radius 3 is 2.15 bits per heavy atom. The SMILES string of the molecule is Cc1ccc(N2CCN(C(=O)c3ccc(C(F)(F)F)cc3)[C@H](C)C2=O)cc1. The van der Waals surface area contributed by atoms with E-state index in [2.05, 4.69) is 0 Å². The molecule has 0 radical (unpaired) electrons. The summed E-state index contributed by atoms with van der Waals surface area (Å²) in [6, 6.07) is 10.9. The number of rotatable bonds is 2. The lowest BCUT2D eigenvalue weighted by atomic mass is 10.1. The van der Waals surface area contributed by atoms with Crippen LogP contribution in [-0.2, 0) is 11.0 Å². The zero-order valence-electron chi connectivity index (χ0n) is 15.0. The fourth-order valence-electron chi connectivity index (χ4n) is 3.10. The summed E-state index contributed by atoms with van der Waals surface area (Å²) in [5.41, 5.74) is 1.16. The van der Waals surface area contributed by atoms with Gasteiger partial charge in [-0.3, -0.25) is 9.59 Å². The molecule has 7 heteroatoms. The molecule has 4 nitrogen and oxygen atoms in total. The topological polar surface area (TPSA) is 40.6 Å². The first kappa shape index (κ1) is 18.9. The molecule has 0 saturated carbocycles. The molecule has 1 atom stereocenters. The highest BCUT2D eigenvalue weighted by atomic mass is 19.4. The van der Waals surface area contributed by atoms with Crippen molar-refractivity contribution in [2.75, 3.05) is 18.0 Å². The number of nitrogens with zero attached hydrogens (tertiary/aromatic N) is 2. The van der Waals surface area contributed by atoms with E-state index < -0.39 is 23.7 Å². The molecular formula is C20H19F3N2O2. The van der Waals surface area contributed by atoms with Crippen LogP contribution in [0.5, 0.6) is 0 Å². The second-order valence-electron chi connectivity index (χ2n) is 6.58. The van der Waals surface area contributed by atoms with Gasteiger partial charge in [-0.1, -0.05) is 17.7 Å². The minimum absolute atomic E-state index is 0.131. The van der Waals surface area contributed by atoms with Crippen molar-refractivity contribution >= 4 is 17.5 Å². The lowest BCUT2D eigenvalue weighted by molar-refractivity contribution is -0.137. The molecule has 0 bridgehead atoms. The highest BCUT2D eigenvalue weighted by Crippen LogP contribution is 2.29. The largest absolute Gasteiger partial charge is 0.416 e. The highest BCUT2D eigenvalue weighted by molar-refractivity contribution is 6.03. The lowest BCUT2D eigenvalue weighted by Crippen LogP contribution is -2.57. The number of carbonyl (C=O) groups is 2. The summed E-state index contributed by atoms with van der Waals surface area (Å²) in [4.78, 5) is 28.4. The van der Waals surface area contributed by atoms with E-state index in [9.17, 15) is 22.8 Å². The third-order valence-electron chi connectivity index (χ3n) is 4.72. The van der Waals surface area contributed by atoms with Crippen molar-refractivity contribution in [2.24, 2.45) is 0 Å². The molecule has 0 spiro atoms. The summed E-state index contributed by atoms with van der Waals surface area (Å²) < 4.78 is 38.0. The quantitative estimate of drug-likeness (QED) is 0.798. The maximum Gasteiger partial charge on any atom is 0.416 e. The van der Waals surface area contributed by atoms with E-state index >= 15 is 0 Å². The predicted octanol–water partition coefficient (Wildman–Crippen LogP) is 3.89. The number of amides is 2. The summed E-state index contributed by atoms with van der Waals surface area (Å²) >= 11 is 0. The van der Waals surface area contributed by atoms with E-state index in [0.717, 1.165) is 35.5 Å². The Balaban J connectivity index is 1.76. The van der Waals surface area contributed by atoms with Gasteiger partial charge >= 0.3 is 6.18 Å². The number of alkyl halides is 3. The first-order valence-corrected chi connectivity index (χ1v) is 8.55. The van der Waals surface area contributed by atoms with Gasteiger partial charge in [-0.15, -0.1) is 0 Å². The standard InChI is InChI=1S/C20H19F3N2O2/c1-13-3-9-17(10-4-13)25-12-11-24(14(2)18(25)26)19(27)15-5-7-16(8-6-15)20(21,22)23/h3-10,14H,11-12H2,1-2H3/t14-/m1/s1. The molecule has 2 amide bonds. The van der Waals surface area contributed by atoms with E-state index in [1.165, 1.54) is 4.90 Å². The fraction of sp³-hybridized carbons (Fsp3) is 0.300. The van der Waals surface area contributed by atoms with Crippen molar-refractivity contribution in [2.45, 2.75) is 26.1 Å². The van der Waals surface area contributed by atoms with Gasteiger partial charge in [-0.25, -0.2) is 0 Å². The smallest absolute Gasteiger partial charge is 0.325 e. The van der Waals surface area contributed by atoms with Crippen LogP contribution >= 0.6 is 0 Å². The molecule has 1 aliphatic rings. The van der Waals surface area contributed by atoms with Crippen molar-refractivity contribution in [3.63, 3.8) is 0 Å². The van der Waals surface area contributed by atoms with Crippen molar-refractivity contribution in [1.82, 2.24) is 4.90 Å². The van der Waals surface area contributed by atoms with Crippen LogP contribution in [0, 0.1) is 6.92 Å². The van der Waals surface area contributed by atoms with Crippen LogP contribution in [0.25, 0.3) is 0 Å². The molecule has 1 saturated heterocycles. The van der Waals surface area contributed by atoms with Gasteiger partial charge in [0.25, 0.3) is 5.91 Å². The van der Waals surface area contributed by atoms with Crippen LogP contribution < -0.4 is 4.90 Å². The van der Waals surface area contributed by atoms with Crippen LogP contribution in [0.2, 0.25) is 0 Å². The number of halogens is 3. The Bertz CT molecular complexity index is 845. The second-order valence-corrected chi connectivity index (χ2v) is 6.58. The zero-order valence-corrected chi connectivity index (χ0v) is 15.0. The van der Waals surface area contributed by atoms with E-state index in [0.29, 0.717) is 13.1 Å². The molecule has 0 N–H and O–H groups in total. The van der Waals surface area contributed by atoms with E-state index in [4.69, 9.17) is 0 Å². The third kappa shape index (κ3) is 3.82. The van der Waals surface area contributed by atoms with Crippen molar-refractivity contribution in [3.8, 4) is 0 Å². The lowest BCUT2D eigenvalue weighted by Gasteiger charge is -2.39. The predicted molar refractivity (Wildman–Crippen MR) is 95.5 cm³/mol. The Labute approximate surface area is 155 Å². The molecule has 1 aliphatic heterocycles. The minimum Gasteiger partial charge on any atom is -0.325 e. The number of hydrogen-bond acceptors (Lipinski definition) is 2. The molecule has 2 aromatic carbocycles. The van der Waals surface area contributed by atoms with Gasteiger partial charge in [-0.2, -0.15) is 13.2 Å². The summed E-state index contributed by atoms with van der Waals surface area (Å²) in [6.45, 7) is 4.22. The number of aryl methyl sites for hydroxylation is 1. The molecule has 2 aromatic rings. The van der Waals surface area contributed by atoms with Crippen LogP contribution in [0.4, 0.5) is 18.9 Å². The number of benzene rings is 2. The van der Waals surface area contributed by atoms with Gasteiger partial charge in [-0.05, 0) is 50.2 Å². The Morgan fingerprint density at radius 1 is 1.00 bits per heavy atom. The third-order valence-corrected chi connectivity index (χ3v) is 4.72. The number of hydrogen-bond donors (Lipinski definition) is 0. The monoisotopic (exact) mass is 376 g/mol. The first-order chi connectivity index (χ1) is 12.7. The maximum absolute atomic E-state index is 12.7. The molecule has 0 unspecified atom stereocenters. The normalized spacial score (nSPS) is 18.0. The van der Waals surface area contributed by atoms with Gasteiger partial charge in [0.1, 0.15) is 6.04 Å². The van der Waals surface area contributed by atoms with Crippen LogP contribution in [-0.4, -0.2) is 35.8 Å². The van der Waals surface area contributed by atoms with Gasteiger partial charge < -0.3 is 9.80 Å². The van der Waals surface area contributed by atoms with Crippen molar-refractivity contribution in [3.05, 3.63) is 65.2 Å². The Morgan fingerprint density at radius 2 is 1.59 bits per heavy atom. The van der Waals surface area contributed by atoms with E-state index in [1.54, 1.807) is 11.8 Å². The van der Waals surface area contributed by atoms with Gasteiger partial charge in [0, 0.05) is 24.3 Å². The van der Waals surface area contributed by atoms with E-state index in [1.807, 2.05) is 31.2 Å². The first-order valence-electron chi connectivity index (χ1n) is 8.55. The number of carbonyl (C=O) groups excluding carboxylic acids is 2. The molecule has 27 heavy (non-hydrogen) atoms. The molecule has 0 aliphatic carbocycles. The van der Waals surface area contributed by atoms with Crippen LogP contribution in [0.15, 0.2) is 48.5 Å². The number of anilines is 1. The number of piperazine rings is 1. The van der Waals surface area contributed by atoms with Gasteiger partial charge in [0.15, 0.2) is 0 Å². The molecule has 142 valence electrons. The zero-order chi connectivity index (χ0) is 19.8. The molecule has 1 fully saturated rings. The fourth-order valence-corrected chi connectivity index (χ4v) is 3.10. The van der Waals surface area contributed by atoms with Crippen LogP contribution in [0.1, 0.15) is 28.4 Å². The van der Waals surface area contributed by atoms with Crippen molar-refractivity contribution in [1.29, 1.82) is 0 Å². The average Bonchev–Trinajstić information content (AvgIpc) is 2.64. The summed E-state index contributed by atoms with van der Waals surface area (Å²) in [5.74, 6) is -0.668. The summed E-state index contributed by atoms with van der Waals surface area (Å²) in [6.07, 6.45) is -4.45. The Kier molecular flexibility index (Phi) is 4.95. The second kappa shape index (κ2) is 7.06. The Hall–Kier alpha value is -2.83. The highest BCUT2D eigenvalue weighted by Gasteiger charge is 2.36. The molecule has 0 aromatic heterocycles. The minimum atomic E-state index is -4.45. The summed E-state index contributed by atoms with van der Waals surface area (Å²) in [7, 11) is 0. The maximum atomic E-state index is 12.7. The molecule has 1 heterocycles. The average molecular weight is 376 g/mol.